The summed E-state index contributed by atoms with van der Waals surface area (Å²) in [5.41, 5.74) is 1.25. The molecule has 2 nitrogen and oxygen atoms in total. The van der Waals surface area contributed by atoms with Gasteiger partial charge in [-0.3, -0.25) is 4.90 Å². The van der Waals surface area contributed by atoms with Crippen LogP contribution in [0.4, 0.5) is 0 Å². The molecule has 1 aliphatic heterocycles. The maximum atomic E-state index is 5.91. The van der Waals surface area contributed by atoms with Gasteiger partial charge in [-0.2, -0.15) is 0 Å². The van der Waals surface area contributed by atoms with Crippen LogP contribution in [0.3, 0.4) is 0 Å². The van der Waals surface area contributed by atoms with Crippen LogP contribution in [-0.4, -0.2) is 31.0 Å². The third-order valence-electron chi connectivity index (χ3n) is 3.56. The number of halogens is 2. The molecule has 0 amide bonds. The van der Waals surface area contributed by atoms with Gasteiger partial charge in [0.1, 0.15) is 5.75 Å². The number of alkyl halides is 1. The number of benzene rings is 1. The SMILES string of the molecule is COc1ccc(Br)cc1CN1CCC(CCl)CC1. The predicted octanol–water partition coefficient (Wildman–Crippen LogP) is 3.91. The summed E-state index contributed by atoms with van der Waals surface area (Å²) in [4.78, 5) is 2.48. The van der Waals surface area contributed by atoms with E-state index in [2.05, 4.69) is 26.9 Å². The van der Waals surface area contributed by atoms with Crippen molar-refractivity contribution in [2.45, 2.75) is 19.4 Å². The van der Waals surface area contributed by atoms with E-state index >= 15 is 0 Å². The van der Waals surface area contributed by atoms with Crippen molar-refractivity contribution in [1.29, 1.82) is 0 Å². The van der Waals surface area contributed by atoms with Crippen molar-refractivity contribution in [3.05, 3.63) is 28.2 Å². The first-order valence-corrected chi connectivity index (χ1v) is 7.66. The molecule has 1 fully saturated rings. The van der Waals surface area contributed by atoms with Crippen molar-refractivity contribution in [2.75, 3.05) is 26.1 Å². The van der Waals surface area contributed by atoms with Crippen LogP contribution in [0.25, 0.3) is 0 Å². The monoisotopic (exact) mass is 331 g/mol. The number of rotatable bonds is 4. The summed E-state index contributed by atoms with van der Waals surface area (Å²) in [5, 5.41) is 0. The second kappa shape index (κ2) is 6.78. The summed E-state index contributed by atoms with van der Waals surface area (Å²) in [6, 6.07) is 6.18. The first-order chi connectivity index (χ1) is 8.72. The van der Waals surface area contributed by atoms with Gasteiger partial charge in [0, 0.05) is 22.5 Å². The van der Waals surface area contributed by atoms with Gasteiger partial charge in [0.15, 0.2) is 0 Å². The minimum atomic E-state index is 0.701. The fourth-order valence-electron chi connectivity index (χ4n) is 2.41. The highest BCUT2D eigenvalue weighted by Gasteiger charge is 2.19. The third kappa shape index (κ3) is 3.62. The Morgan fingerprint density at radius 3 is 2.72 bits per heavy atom. The van der Waals surface area contributed by atoms with Gasteiger partial charge in [-0.05, 0) is 50.0 Å². The molecule has 0 unspecified atom stereocenters. The molecular weight excluding hydrogens is 314 g/mol. The molecule has 100 valence electrons. The summed E-state index contributed by atoms with van der Waals surface area (Å²) in [7, 11) is 1.73. The highest BCUT2D eigenvalue weighted by molar-refractivity contribution is 9.10. The Balaban J connectivity index is 1.99. The molecular formula is C14H19BrClNO. The lowest BCUT2D eigenvalue weighted by molar-refractivity contribution is 0.185. The van der Waals surface area contributed by atoms with Crippen LogP contribution in [0.15, 0.2) is 22.7 Å². The average Bonchev–Trinajstić information content (AvgIpc) is 2.40. The molecule has 0 spiro atoms. The average molecular weight is 333 g/mol. The maximum Gasteiger partial charge on any atom is 0.123 e. The molecule has 1 heterocycles. The number of likely N-dealkylation sites (tertiary alicyclic amines) is 1. The zero-order valence-corrected chi connectivity index (χ0v) is 13.0. The van der Waals surface area contributed by atoms with Crippen molar-refractivity contribution >= 4 is 27.5 Å². The molecule has 2 rings (SSSR count). The second-order valence-corrected chi connectivity index (χ2v) is 6.05. The molecule has 1 aromatic carbocycles. The van der Waals surface area contributed by atoms with Crippen LogP contribution in [-0.2, 0) is 6.54 Å². The number of methoxy groups -OCH3 is 1. The lowest BCUT2D eigenvalue weighted by Crippen LogP contribution is -2.33. The molecule has 0 atom stereocenters. The van der Waals surface area contributed by atoms with Crippen LogP contribution < -0.4 is 4.74 Å². The predicted molar refractivity (Wildman–Crippen MR) is 79.4 cm³/mol. The summed E-state index contributed by atoms with van der Waals surface area (Å²) >= 11 is 9.43. The second-order valence-electron chi connectivity index (χ2n) is 4.83. The normalized spacial score (nSPS) is 17.9. The molecule has 1 aromatic rings. The number of ether oxygens (including phenoxy) is 1. The van der Waals surface area contributed by atoms with E-state index < -0.39 is 0 Å². The van der Waals surface area contributed by atoms with Gasteiger partial charge >= 0.3 is 0 Å². The van der Waals surface area contributed by atoms with Crippen LogP contribution >= 0.6 is 27.5 Å². The van der Waals surface area contributed by atoms with E-state index in [-0.39, 0.29) is 0 Å². The molecule has 1 saturated heterocycles. The van der Waals surface area contributed by atoms with Gasteiger partial charge in [0.25, 0.3) is 0 Å². The highest BCUT2D eigenvalue weighted by atomic mass is 79.9. The Bertz CT molecular complexity index is 391. The Hall–Kier alpha value is -0.250. The fourth-order valence-corrected chi connectivity index (χ4v) is 3.13. The van der Waals surface area contributed by atoms with Crippen LogP contribution in [0, 0.1) is 5.92 Å². The van der Waals surface area contributed by atoms with Crippen molar-refractivity contribution in [2.24, 2.45) is 5.92 Å². The zero-order chi connectivity index (χ0) is 13.0. The summed E-state index contributed by atoms with van der Waals surface area (Å²) in [5.74, 6) is 2.47. The lowest BCUT2D eigenvalue weighted by atomic mass is 9.98. The third-order valence-corrected chi connectivity index (χ3v) is 4.49. The first kappa shape index (κ1) is 14.2. The molecule has 0 radical (unpaired) electrons. The van der Waals surface area contributed by atoms with Gasteiger partial charge in [0.2, 0.25) is 0 Å². The summed E-state index contributed by atoms with van der Waals surface area (Å²) in [6.07, 6.45) is 2.42. The Morgan fingerprint density at radius 1 is 1.39 bits per heavy atom. The van der Waals surface area contributed by atoms with E-state index in [1.165, 1.54) is 18.4 Å². The lowest BCUT2D eigenvalue weighted by Gasteiger charge is -2.31. The number of hydrogen-bond donors (Lipinski definition) is 0. The Labute approximate surface area is 122 Å². The zero-order valence-electron chi connectivity index (χ0n) is 10.7. The quantitative estimate of drug-likeness (QED) is 0.775. The van der Waals surface area contributed by atoms with Gasteiger partial charge < -0.3 is 4.74 Å². The Kier molecular flexibility index (Phi) is 5.34. The smallest absolute Gasteiger partial charge is 0.123 e. The molecule has 0 aromatic heterocycles. The van der Waals surface area contributed by atoms with Crippen molar-refractivity contribution < 1.29 is 4.74 Å². The van der Waals surface area contributed by atoms with Gasteiger partial charge in [-0.25, -0.2) is 0 Å². The molecule has 0 saturated carbocycles. The first-order valence-electron chi connectivity index (χ1n) is 6.33. The highest BCUT2D eigenvalue weighted by Crippen LogP contribution is 2.26. The van der Waals surface area contributed by atoms with E-state index in [1.807, 2.05) is 12.1 Å². The van der Waals surface area contributed by atoms with E-state index in [0.29, 0.717) is 5.92 Å². The van der Waals surface area contributed by atoms with Crippen molar-refractivity contribution in [1.82, 2.24) is 4.90 Å². The molecule has 1 aliphatic rings. The molecule has 0 N–H and O–H groups in total. The Morgan fingerprint density at radius 2 is 2.11 bits per heavy atom. The minimum absolute atomic E-state index is 0.701. The van der Waals surface area contributed by atoms with Crippen LogP contribution in [0.5, 0.6) is 5.75 Å². The summed E-state index contributed by atoms with van der Waals surface area (Å²) in [6.45, 7) is 3.22. The molecule has 18 heavy (non-hydrogen) atoms. The molecule has 0 bridgehead atoms. The maximum absolute atomic E-state index is 5.91. The van der Waals surface area contributed by atoms with Gasteiger partial charge in [-0.15, -0.1) is 11.6 Å². The summed E-state index contributed by atoms with van der Waals surface area (Å²) < 4.78 is 6.52. The number of nitrogens with zero attached hydrogens (tertiary/aromatic N) is 1. The van der Waals surface area contributed by atoms with E-state index in [9.17, 15) is 0 Å². The number of piperidine rings is 1. The van der Waals surface area contributed by atoms with Crippen molar-refractivity contribution in [3.63, 3.8) is 0 Å². The molecule has 4 heteroatoms. The number of hydrogen-bond acceptors (Lipinski definition) is 2. The standard InChI is InChI=1S/C14H19BrClNO/c1-18-14-3-2-13(15)8-12(14)10-17-6-4-11(9-16)5-7-17/h2-3,8,11H,4-7,9-10H2,1H3. The van der Waals surface area contributed by atoms with Gasteiger partial charge in [0.05, 0.1) is 7.11 Å². The van der Waals surface area contributed by atoms with Gasteiger partial charge in [-0.1, -0.05) is 15.9 Å². The van der Waals surface area contributed by atoms with Crippen LogP contribution in [0.2, 0.25) is 0 Å². The van der Waals surface area contributed by atoms with E-state index in [1.54, 1.807) is 7.11 Å². The largest absolute Gasteiger partial charge is 0.496 e. The van der Waals surface area contributed by atoms with E-state index in [0.717, 1.165) is 35.7 Å². The van der Waals surface area contributed by atoms with Crippen molar-refractivity contribution in [3.8, 4) is 5.75 Å². The topological polar surface area (TPSA) is 12.5 Å². The van der Waals surface area contributed by atoms with E-state index in [4.69, 9.17) is 16.3 Å². The minimum Gasteiger partial charge on any atom is -0.496 e. The molecule has 0 aliphatic carbocycles. The fraction of sp³-hybridized carbons (Fsp3) is 0.571. The van der Waals surface area contributed by atoms with Crippen LogP contribution in [0.1, 0.15) is 18.4 Å².